The first-order chi connectivity index (χ1) is 5.11. The van der Waals surface area contributed by atoms with Gasteiger partial charge in [0, 0.05) is 12.3 Å². The van der Waals surface area contributed by atoms with E-state index in [0.717, 1.165) is 6.20 Å². The zero-order valence-electron chi connectivity index (χ0n) is 6.52. The Hall–Kier alpha value is -1.12. The zero-order valence-corrected chi connectivity index (χ0v) is 6.52. The lowest BCUT2D eigenvalue weighted by molar-refractivity contribution is 0.590. The van der Waals surface area contributed by atoms with Crippen LogP contribution in [0.1, 0.15) is 25.3 Å². The second-order valence-electron chi connectivity index (χ2n) is 2.76. The first kappa shape index (κ1) is 7.98. The topological polar surface area (TPSA) is 32.9 Å². The normalized spacial score (nSPS) is 10.5. The van der Waals surface area contributed by atoms with Gasteiger partial charge in [0.15, 0.2) is 0 Å². The fourth-order valence-corrected chi connectivity index (χ4v) is 0.912. The molecule has 1 aromatic rings. The summed E-state index contributed by atoms with van der Waals surface area (Å²) in [6, 6.07) is 1.29. The summed E-state index contributed by atoms with van der Waals surface area (Å²) in [6.07, 6.45) is 1.09. The van der Waals surface area contributed by atoms with Crippen LogP contribution in [0.3, 0.4) is 0 Å². The molecule has 1 rings (SSSR count). The van der Waals surface area contributed by atoms with Crippen molar-refractivity contribution in [1.82, 2.24) is 4.98 Å². The van der Waals surface area contributed by atoms with Crippen molar-refractivity contribution in [2.45, 2.75) is 19.8 Å². The van der Waals surface area contributed by atoms with Crippen LogP contribution in [0.25, 0.3) is 0 Å². The molecule has 0 aromatic carbocycles. The predicted octanol–water partition coefficient (Wildman–Crippen LogP) is 1.64. The fraction of sp³-hybridized carbons (Fsp3) is 0.375. The number of pyridine rings is 1. The zero-order chi connectivity index (χ0) is 8.43. The van der Waals surface area contributed by atoms with Crippen molar-refractivity contribution in [3.8, 4) is 0 Å². The van der Waals surface area contributed by atoms with E-state index in [9.17, 15) is 9.18 Å². The molecule has 0 bridgehead atoms. The highest BCUT2D eigenvalue weighted by Crippen LogP contribution is 2.14. The van der Waals surface area contributed by atoms with E-state index < -0.39 is 0 Å². The Morgan fingerprint density at radius 3 is 2.64 bits per heavy atom. The minimum absolute atomic E-state index is 0.0531. The van der Waals surface area contributed by atoms with Crippen molar-refractivity contribution < 1.29 is 4.39 Å². The maximum absolute atomic E-state index is 12.9. The Morgan fingerprint density at radius 1 is 1.55 bits per heavy atom. The highest BCUT2D eigenvalue weighted by molar-refractivity contribution is 5.16. The smallest absolute Gasteiger partial charge is 0.248 e. The molecule has 11 heavy (non-hydrogen) atoms. The van der Waals surface area contributed by atoms with Crippen LogP contribution in [-0.4, -0.2) is 4.98 Å². The van der Waals surface area contributed by atoms with Gasteiger partial charge in [-0.1, -0.05) is 13.8 Å². The molecule has 0 aliphatic heterocycles. The molecule has 0 unspecified atom stereocenters. The number of hydrogen-bond acceptors (Lipinski definition) is 1. The number of aromatic amines is 1. The van der Waals surface area contributed by atoms with E-state index in [1.165, 1.54) is 6.07 Å². The summed E-state index contributed by atoms with van der Waals surface area (Å²) in [5, 5.41) is 0. The second kappa shape index (κ2) is 2.86. The number of hydrogen-bond donors (Lipinski definition) is 1. The molecule has 0 atom stereocenters. The van der Waals surface area contributed by atoms with Crippen LogP contribution >= 0.6 is 0 Å². The van der Waals surface area contributed by atoms with Crippen LogP contribution in [0.2, 0.25) is 0 Å². The minimum Gasteiger partial charge on any atom is -0.326 e. The molecule has 1 aromatic heterocycles. The Kier molecular flexibility index (Phi) is 2.08. The largest absolute Gasteiger partial charge is 0.326 e. The van der Waals surface area contributed by atoms with Gasteiger partial charge in [-0.3, -0.25) is 4.79 Å². The van der Waals surface area contributed by atoms with E-state index in [4.69, 9.17) is 0 Å². The number of aromatic nitrogens is 1. The molecule has 0 aliphatic carbocycles. The van der Waals surface area contributed by atoms with Gasteiger partial charge in [0.1, 0.15) is 5.82 Å². The molecular weight excluding hydrogens is 145 g/mol. The SMILES string of the molecule is CC(C)c1cc(=O)[nH]cc1F. The fourth-order valence-electron chi connectivity index (χ4n) is 0.912. The van der Waals surface area contributed by atoms with Gasteiger partial charge in [-0.2, -0.15) is 0 Å². The molecule has 1 N–H and O–H groups in total. The lowest BCUT2D eigenvalue weighted by atomic mass is 10.1. The Bertz CT molecular complexity index is 303. The summed E-state index contributed by atoms with van der Waals surface area (Å²) in [5.41, 5.74) is 0.212. The predicted molar refractivity (Wildman–Crippen MR) is 41.1 cm³/mol. The van der Waals surface area contributed by atoms with Gasteiger partial charge >= 0.3 is 0 Å². The summed E-state index contributed by atoms with van der Waals surface area (Å²) < 4.78 is 12.9. The first-order valence-electron chi connectivity index (χ1n) is 3.49. The van der Waals surface area contributed by atoms with Gasteiger partial charge in [0.05, 0.1) is 0 Å². The summed E-state index contributed by atoms with van der Waals surface area (Å²) in [6.45, 7) is 3.69. The van der Waals surface area contributed by atoms with Crippen LogP contribution in [0.5, 0.6) is 0 Å². The molecule has 0 saturated carbocycles. The minimum atomic E-state index is -0.348. The van der Waals surface area contributed by atoms with Crippen molar-refractivity contribution in [3.63, 3.8) is 0 Å². The molecule has 60 valence electrons. The van der Waals surface area contributed by atoms with Crippen LogP contribution in [0.4, 0.5) is 4.39 Å². The van der Waals surface area contributed by atoms with E-state index in [1.807, 2.05) is 13.8 Å². The van der Waals surface area contributed by atoms with Crippen molar-refractivity contribution in [1.29, 1.82) is 0 Å². The van der Waals surface area contributed by atoms with Crippen LogP contribution in [0.15, 0.2) is 17.1 Å². The molecule has 0 spiro atoms. The van der Waals surface area contributed by atoms with Gasteiger partial charge in [-0.25, -0.2) is 4.39 Å². The number of H-pyrrole nitrogens is 1. The molecule has 3 heteroatoms. The van der Waals surface area contributed by atoms with Crippen molar-refractivity contribution in [2.24, 2.45) is 0 Å². The monoisotopic (exact) mass is 155 g/mol. The molecule has 2 nitrogen and oxygen atoms in total. The highest BCUT2D eigenvalue weighted by Gasteiger charge is 2.05. The molecule has 0 radical (unpaired) electrons. The van der Waals surface area contributed by atoms with Gasteiger partial charge in [0.2, 0.25) is 5.56 Å². The van der Waals surface area contributed by atoms with Crippen molar-refractivity contribution in [2.75, 3.05) is 0 Å². The van der Waals surface area contributed by atoms with Gasteiger partial charge < -0.3 is 4.98 Å². The van der Waals surface area contributed by atoms with E-state index in [2.05, 4.69) is 4.98 Å². The average molecular weight is 155 g/mol. The van der Waals surface area contributed by atoms with Crippen LogP contribution in [0, 0.1) is 5.82 Å². The Labute approximate surface area is 64.1 Å². The van der Waals surface area contributed by atoms with Gasteiger partial charge in [-0.15, -0.1) is 0 Å². The van der Waals surface area contributed by atoms with Crippen molar-refractivity contribution >= 4 is 0 Å². The van der Waals surface area contributed by atoms with Crippen LogP contribution < -0.4 is 5.56 Å². The average Bonchev–Trinajstić information content (AvgIpc) is 1.94. The van der Waals surface area contributed by atoms with E-state index in [1.54, 1.807) is 0 Å². The van der Waals surface area contributed by atoms with E-state index in [0.29, 0.717) is 5.56 Å². The lowest BCUT2D eigenvalue weighted by Gasteiger charge is -2.03. The highest BCUT2D eigenvalue weighted by atomic mass is 19.1. The van der Waals surface area contributed by atoms with Crippen molar-refractivity contribution in [3.05, 3.63) is 34.0 Å². The molecule has 1 heterocycles. The first-order valence-corrected chi connectivity index (χ1v) is 3.49. The molecule has 0 aliphatic rings. The maximum atomic E-state index is 12.9. The van der Waals surface area contributed by atoms with Crippen LogP contribution in [-0.2, 0) is 0 Å². The Morgan fingerprint density at radius 2 is 2.18 bits per heavy atom. The molecule has 0 saturated heterocycles. The van der Waals surface area contributed by atoms with E-state index >= 15 is 0 Å². The number of nitrogens with one attached hydrogen (secondary N) is 1. The summed E-state index contributed by atoms with van der Waals surface area (Å²) in [5.74, 6) is -0.295. The molecule has 0 fully saturated rings. The third kappa shape index (κ3) is 1.67. The number of rotatable bonds is 1. The molecular formula is C8H10FNO. The third-order valence-corrected chi connectivity index (χ3v) is 1.53. The standard InChI is InChI=1S/C8H10FNO/c1-5(2)6-3-8(11)10-4-7(6)9/h3-5H,1-2H3,(H,10,11). The Balaban J connectivity index is 3.23. The summed E-state index contributed by atoms with van der Waals surface area (Å²) in [4.78, 5) is 13.0. The molecule has 0 amide bonds. The summed E-state index contributed by atoms with van der Waals surface area (Å²) >= 11 is 0. The number of halogens is 1. The lowest BCUT2D eigenvalue weighted by Crippen LogP contribution is -2.07. The van der Waals surface area contributed by atoms with E-state index in [-0.39, 0.29) is 17.3 Å². The summed E-state index contributed by atoms with van der Waals surface area (Å²) in [7, 11) is 0. The quantitative estimate of drug-likeness (QED) is 0.657. The van der Waals surface area contributed by atoms with Gasteiger partial charge in [0.25, 0.3) is 0 Å². The third-order valence-electron chi connectivity index (χ3n) is 1.53. The maximum Gasteiger partial charge on any atom is 0.248 e. The van der Waals surface area contributed by atoms with Gasteiger partial charge in [-0.05, 0) is 11.5 Å². The second-order valence-corrected chi connectivity index (χ2v) is 2.76.